The third-order valence-corrected chi connectivity index (χ3v) is 4.24. The highest BCUT2D eigenvalue weighted by Gasteiger charge is 2.10. The number of anilines is 1. The van der Waals surface area contributed by atoms with E-state index in [1.54, 1.807) is 11.3 Å². The summed E-state index contributed by atoms with van der Waals surface area (Å²) in [6.07, 6.45) is 1.39. The number of hydrogen-bond donors (Lipinski definition) is 2. The fraction of sp³-hybridized carbons (Fsp3) is 0.375. The largest absolute Gasteiger partial charge is 0.330 e. The minimum absolute atomic E-state index is 0.0181. The Bertz CT molecular complexity index is 588. The summed E-state index contributed by atoms with van der Waals surface area (Å²) in [6.45, 7) is 4.59. The molecule has 0 aliphatic carbocycles. The maximum absolute atomic E-state index is 11.9. The van der Waals surface area contributed by atoms with Crippen molar-refractivity contribution in [2.45, 2.75) is 26.7 Å². The Morgan fingerprint density at radius 3 is 2.62 bits per heavy atom. The third-order valence-electron chi connectivity index (χ3n) is 3.47. The molecular formula is C16H21N3OS. The van der Waals surface area contributed by atoms with E-state index in [2.05, 4.69) is 17.2 Å². The highest BCUT2D eigenvalue weighted by Crippen LogP contribution is 2.23. The second-order valence-corrected chi connectivity index (χ2v) is 6.15. The van der Waals surface area contributed by atoms with Crippen molar-refractivity contribution in [3.05, 3.63) is 34.7 Å². The summed E-state index contributed by atoms with van der Waals surface area (Å²) in [7, 11) is 0. The van der Waals surface area contributed by atoms with Crippen LogP contribution in [0.2, 0.25) is 0 Å². The molecule has 0 spiro atoms. The van der Waals surface area contributed by atoms with E-state index in [-0.39, 0.29) is 11.8 Å². The first-order valence-corrected chi connectivity index (χ1v) is 8.02. The van der Waals surface area contributed by atoms with Crippen molar-refractivity contribution in [2.24, 2.45) is 11.7 Å². The van der Waals surface area contributed by atoms with Crippen LogP contribution in [0.5, 0.6) is 0 Å². The SMILES string of the molecule is CCC(CN)CC(=O)Nc1ccc(-c2csc(C)n2)cc1. The lowest BCUT2D eigenvalue weighted by Gasteiger charge is -2.12. The molecule has 21 heavy (non-hydrogen) atoms. The monoisotopic (exact) mass is 303 g/mol. The molecule has 0 bridgehead atoms. The van der Waals surface area contributed by atoms with Gasteiger partial charge in [-0.3, -0.25) is 4.79 Å². The molecule has 112 valence electrons. The van der Waals surface area contributed by atoms with Gasteiger partial charge in [-0.25, -0.2) is 4.98 Å². The molecule has 1 atom stereocenters. The van der Waals surface area contributed by atoms with Gasteiger partial charge in [0.15, 0.2) is 0 Å². The van der Waals surface area contributed by atoms with Crippen LogP contribution < -0.4 is 11.1 Å². The van der Waals surface area contributed by atoms with E-state index in [0.29, 0.717) is 13.0 Å². The number of rotatable bonds is 6. The molecule has 5 heteroatoms. The van der Waals surface area contributed by atoms with Crippen molar-refractivity contribution in [1.82, 2.24) is 4.98 Å². The zero-order valence-corrected chi connectivity index (χ0v) is 13.2. The van der Waals surface area contributed by atoms with Gasteiger partial charge in [-0.15, -0.1) is 11.3 Å². The Hall–Kier alpha value is -1.72. The number of nitrogens with one attached hydrogen (secondary N) is 1. The second-order valence-electron chi connectivity index (χ2n) is 5.09. The number of hydrogen-bond acceptors (Lipinski definition) is 4. The van der Waals surface area contributed by atoms with Gasteiger partial charge >= 0.3 is 0 Å². The van der Waals surface area contributed by atoms with Crippen molar-refractivity contribution in [3.63, 3.8) is 0 Å². The van der Waals surface area contributed by atoms with E-state index in [1.165, 1.54) is 0 Å². The lowest BCUT2D eigenvalue weighted by Crippen LogP contribution is -2.21. The van der Waals surface area contributed by atoms with Gasteiger partial charge in [-0.05, 0) is 31.5 Å². The fourth-order valence-electron chi connectivity index (χ4n) is 2.09. The summed E-state index contributed by atoms with van der Waals surface area (Å²) in [5.74, 6) is 0.270. The molecular weight excluding hydrogens is 282 g/mol. The molecule has 1 amide bonds. The maximum Gasteiger partial charge on any atom is 0.224 e. The van der Waals surface area contributed by atoms with Crippen LogP contribution in [-0.4, -0.2) is 17.4 Å². The number of aromatic nitrogens is 1. The lowest BCUT2D eigenvalue weighted by atomic mass is 10.0. The Morgan fingerprint density at radius 1 is 1.38 bits per heavy atom. The molecule has 0 saturated carbocycles. The molecule has 2 aromatic rings. The predicted molar refractivity (Wildman–Crippen MR) is 88.4 cm³/mol. The number of amides is 1. The molecule has 0 radical (unpaired) electrons. The fourth-order valence-corrected chi connectivity index (χ4v) is 2.71. The molecule has 1 heterocycles. The second kappa shape index (κ2) is 7.33. The smallest absolute Gasteiger partial charge is 0.224 e. The van der Waals surface area contributed by atoms with Crippen LogP contribution >= 0.6 is 11.3 Å². The zero-order valence-electron chi connectivity index (χ0n) is 12.4. The highest BCUT2D eigenvalue weighted by molar-refractivity contribution is 7.09. The summed E-state index contributed by atoms with van der Waals surface area (Å²) in [6, 6.07) is 7.77. The first-order chi connectivity index (χ1) is 10.1. The van der Waals surface area contributed by atoms with Crippen molar-refractivity contribution in [2.75, 3.05) is 11.9 Å². The van der Waals surface area contributed by atoms with Gasteiger partial charge in [0.25, 0.3) is 0 Å². The average molecular weight is 303 g/mol. The van der Waals surface area contributed by atoms with Gasteiger partial charge in [-0.2, -0.15) is 0 Å². The Labute approximate surface area is 129 Å². The molecule has 4 nitrogen and oxygen atoms in total. The van der Waals surface area contributed by atoms with Gasteiger partial charge in [-0.1, -0.05) is 25.5 Å². The highest BCUT2D eigenvalue weighted by atomic mass is 32.1. The van der Waals surface area contributed by atoms with E-state index >= 15 is 0 Å². The van der Waals surface area contributed by atoms with Crippen molar-refractivity contribution >= 4 is 22.9 Å². The van der Waals surface area contributed by atoms with Crippen molar-refractivity contribution in [1.29, 1.82) is 0 Å². The normalized spacial score (nSPS) is 12.1. The van der Waals surface area contributed by atoms with Crippen LogP contribution in [0.15, 0.2) is 29.6 Å². The molecule has 0 aliphatic rings. The lowest BCUT2D eigenvalue weighted by molar-refractivity contribution is -0.117. The van der Waals surface area contributed by atoms with E-state index in [4.69, 9.17) is 5.73 Å². The molecule has 2 rings (SSSR count). The number of carbonyl (C=O) groups is 1. The van der Waals surface area contributed by atoms with Gasteiger partial charge in [0.2, 0.25) is 5.91 Å². The van der Waals surface area contributed by atoms with Gasteiger partial charge < -0.3 is 11.1 Å². The first-order valence-electron chi connectivity index (χ1n) is 7.14. The number of benzene rings is 1. The number of nitrogens with zero attached hydrogens (tertiary/aromatic N) is 1. The average Bonchev–Trinajstić information content (AvgIpc) is 2.92. The van der Waals surface area contributed by atoms with Crippen LogP contribution in [0, 0.1) is 12.8 Å². The zero-order chi connectivity index (χ0) is 15.2. The predicted octanol–water partition coefficient (Wildman–Crippen LogP) is 3.43. The molecule has 1 aromatic heterocycles. The summed E-state index contributed by atoms with van der Waals surface area (Å²) < 4.78 is 0. The van der Waals surface area contributed by atoms with E-state index in [1.807, 2.05) is 36.6 Å². The molecule has 1 unspecified atom stereocenters. The van der Waals surface area contributed by atoms with E-state index in [9.17, 15) is 4.79 Å². The Kier molecular flexibility index (Phi) is 5.47. The molecule has 0 fully saturated rings. The van der Waals surface area contributed by atoms with Crippen LogP contribution in [-0.2, 0) is 4.79 Å². The van der Waals surface area contributed by atoms with Crippen molar-refractivity contribution < 1.29 is 4.79 Å². The van der Waals surface area contributed by atoms with E-state index in [0.717, 1.165) is 28.4 Å². The minimum Gasteiger partial charge on any atom is -0.330 e. The van der Waals surface area contributed by atoms with Crippen LogP contribution in [0.1, 0.15) is 24.8 Å². The van der Waals surface area contributed by atoms with Crippen molar-refractivity contribution in [3.8, 4) is 11.3 Å². The van der Waals surface area contributed by atoms with Gasteiger partial charge in [0.1, 0.15) is 0 Å². The van der Waals surface area contributed by atoms with Crippen LogP contribution in [0.3, 0.4) is 0 Å². The number of nitrogens with two attached hydrogens (primary N) is 1. The minimum atomic E-state index is 0.0181. The molecule has 0 saturated heterocycles. The number of aryl methyl sites for hydroxylation is 1. The molecule has 1 aromatic carbocycles. The summed E-state index contributed by atoms with van der Waals surface area (Å²) >= 11 is 1.63. The quantitative estimate of drug-likeness (QED) is 0.859. The molecule has 3 N–H and O–H groups in total. The summed E-state index contributed by atoms with van der Waals surface area (Å²) in [5.41, 5.74) is 8.47. The molecule has 0 aliphatic heterocycles. The number of thiazole rings is 1. The third kappa shape index (κ3) is 4.37. The number of carbonyl (C=O) groups excluding carboxylic acids is 1. The first kappa shape index (κ1) is 15.7. The maximum atomic E-state index is 11.9. The van der Waals surface area contributed by atoms with Crippen LogP contribution in [0.4, 0.5) is 5.69 Å². The standard InChI is InChI=1S/C16H21N3OS/c1-3-12(9-17)8-16(20)19-14-6-4-13(5-7-14)15-10-21-11(2)18-15/h4-7,10,12H,3,8-9,17H2,1-2H3,(H,19,20). The Morgan fingerprint density at radius 2 is 2.10 bits per heavy atom. The van der Waals surface area contributed by atoms with Gasteiger partial charge in [0.05, 0.1) is 10.7 Å². The summed E-state index contributed by atoms with van der Waals surface area (Å²) in [5, 5.41) is 6.00. The van der Waals surface area contributed by atoms with E-state index < -0.39 is 0 Å². The van der Waals surface area contributed by atoms with Gasteiger partial charge in [0, 0.05) is 23.1 Å². The van der Waals surface area contributed by atoms with Crippen LogP contribution in [0.25, 0.3) is 11.3 Å². The topological polar surface area (TPSA) is 68.0 Å². The Balaban J connectivity index is 1.98. The summed E-state index contributed by atoms with van der Waals surface area (Å²) in [4.78, 5) is 16.4.